The highest BCUT2D eigenvalue weighted by molar-refractivity contribution is 5.93. The molecule has 0 saturated carbocycles. The highest BCUT2D eigenvalue weighted by Crippen LogP contribution is 2.28. The number of aliphatic carboxylic acids is 1. The zero-order valence-corrected chi connectivity index (χ0v) is 28.3. The number of aryl methyl sites for hydroxylation is 1. The minimum absolute atomic E-state index is 0.0427. The summed E-state index contributed by atoms with van der Waals surface area (Å²) in [5.74, 6) is -1.98. The third-order valence-electron chi connectivity index (χ3n) is 6.93. The number of aliphatic hydroxyl groups excluding tert-OH is 1. The van der Waals surface area contributed by atoms with Gasteiger partial charge in [-0.25, -0.2) is 4.79 Å². The SMILES string of the molecule is CC.CC(=O)OCc1ccc(CCCN(CCC[N+](C)(C)C)C(=O)CN(C)C(=O)/C=C\C=O)cc1OC1CC(O)CC(C(=O)O)O1. The average molecular weight is 651 g/mol. The van der Waals surface area contributed by atoms with E-state index in [0.29, 0.717) is 43.5 Å². The van der Waals surface area contributed by atoms with E-state index in [1.807, 2.05) is 19.9 Å². The molecule has 1 aliphatic rings. The molecule has 1 saturated heterocycles. The van der Waals surface area contributed by atoms with Crippen LogP contribution in [0.15, 0.2) is 30.4 Å². The first kappa shape index (κ1) is 40.2. The fraction of sp³-hybridized carbons (Fsp3) is 0.606. The number of carbonyl (C=O) groups is 5. The first-order valence-electron chi connectivity index (χ1n) is 15.6. The van der Waals surface area contributed by atoms with Gasteiger partial charge in [0.25, 0.3) is 0 Å². The highest BCUT2D eigenvalue weighted by Gasteiger charge is 2.34. The van der Waals surface area contributed by atoms with E-state index in [2.05, 4.69) is 21.1 Å². The van der Waals surface area contributed by atoms with Crippen molar-refractivity contribution < 1.29 is 52.9 Å². The molecule has 46 heavy (non-hydrogen) atoms. The van der Waals surface area contributed by atoms with Crippen molar-refractivity contribution in [3.05, 3.63) is 41.5 Å². The van der Waals surface area contributed by atoms with E-state index in [-0.39, 0.29) is 31.9 Å². The van der Waals surface area contributed by atoms with Crippen molar-refractivity contribution in [3.63, 3.8) is 0 Å². The molecule has 2 N–H and O–H groups in total. The van der Waals surface area contributed by atoms with Gasteiger partial charge in [-0.15, -0.1) is 0 Å². The molecular formula is C33H52N3O10+. The minimum Gasteiger partial charge on any atom is -0.479 e. The number of likely N-dealkylation sites (N-methyl/N-ethyl adjacent to an activating group) is 1. The number of ether oxygens (including phenoxy) is 3. The van der Waals surface area contributed by atoms with E-state index >= 15 is 0 Å². The lowest BCUT2D eigenvalue weighted by Gasteiger charge is -2.31. The summed E-state index contributed by atoms with van der Waals surface area (Å²) in [6.07, 6.45) is 1.54. The number of aldehydes is 1. The zero-order chi connectivity index (χ0) is 34.9. The van der Waals surface area contributed by atoms with Crippen LogP contribution in [0, 0.1) is 0 Å². The molecule has 2 rings (SSSR count). The van der Waals surface area contributed by atoms with Gasteiger partial charge in [-0.2, -0.15) is 0 Å². The maximum absolute atomic E-state index is 13.2. The molecule has 1 aliphatic heterocycles. The Bertz CT molecular complexity index is 1180. The molecule has 13 nitrogen and oxygen atoms in total. The van der Waals surface area contributed by atoms with Crippen molar-refractivity contribution in [1.29, 1.82) is 0 Å². The van der Waals surface area contributed by atoms with Crippen LogP contribution in [-0.4, -0.2) is 127 Å². The third-order valence-corrected chi connectivity index (χ3v) is 6.93. The van der Waals surface area contributed by atoms with Crippen LogP contribution in [0.3, 0.4) is 0 Å². The molecule has 13 heteroatoms. The van der Waals surface area contributed by atoms with Crippen LogP contribution < -0.4 is 4.74 Å². The van der Waals surface area contributed by atoms with Crippen molar-refractivity contribution in [2.75, 3.05) is 54.4 Å². The summed E-state index contributed by atoms with van der Waals surface area (Å²) in [6.45, 7) is 6.90. The lowest BCUT2D eigenvalue weighted by Crippen LogP contribution is -2.43. The molecular weight excluding hydrogens is 598 g/mol. The summed E-state index contributed by atoms with van der Waals surface area (Å²) >= 11 is 0. The Labute approximate surface area is 272 Å². The molecule has 0 radical (unpaired) electrons. The standard InChI is InChI=1S/C31H45N3O10.C2H6/c1-22(36)42-21-24-12-11-23(17-26(24)43-30-19-25(37)18-27(44-30)31(40)41)9-6-13-33(14-8-15-34(3,4)5)29(39)20-32(2)28(38)10-7-16-35;1-2/h7,10-12,16-17,25,27,30,37H,6,8-9,13-15,18-21H2,1-5H3;1-2H3/p+1/b10-7-;. The Morgan fingerprint density at radius 3 is 2.37 bits per heavy atom. The fourth-order valence-corrected chi connectivity index (χ4v) is 4.60. The van der Waals surface area contributed by atoms with E-state index < -0.39 is 36.3 Å². The number of esters is 1. The Morgan fingerprint density at radius 2 is 1.76 bits per heavy atom. The fourth-order valence-electron chi connectivity index (χ4n) is 4.60. The molecule has 0 aromatic heterocycles. The second-order valence-electron chi connectivity index (χ2n) is 11.9. The summed E-state index contributed by atoms with van der Waals surface area (Å²) in [5, 5.41) is 19.5. The number of rotatable bonds is 17. The van der Waals surface area contributed by atoms with E-state index in [4.69, 9.17) is 14.2 Å². The number of hydrogen-bond donors (Lipinski definition) is 2. The number of benzene rings is 1. The number of carbonyl (C=O) groups excluding carboxylic acids is 4. The van der Waals surface area contributed by atoms with Gasteiger partial charge in [0.05, 0.1) is 40.3 Å². The van der Waals surface area contributed by atoms with Crippen LogP contribution in [0.1, 0.15) is 57.6 Å². The first-order chi connectivity index (χ1) is 21.7. The van der Waals surface area contributed by atoms with Crippen LogP contribution >= 0.6 is 0 Å². The molecule has 1 aromatic rings. The predicted molar refractivity (Wildman–Crippen MR) is 171 cm³/mol. The number of quaternary nitrogens is 1. The molecule has 0 spiro atoms. The number of amides is 2. The lowest BCUT2D eigenvalue weighted by molar-refractivity contribution is -0.870. The van der Waals surface area contributed by atoms with Crippen molar-refractivity contribution in [1.82, 2.24) is 9.80 Å². The number of carboxylic acids is 1. The largest absolute Gasteiger partial charge is 0.479 e. The average Bonchev–Trinajstić information content (AvgIpc) is 2.98. The van der Waals surface area contributed by atoms with Gasteiger partial charge in [0, 0.05) is 58.0 Å². The smallest absolute Gasteiger partial charge is 0.333 e. The summed E-state index contributed by atoms with van der Waals surface area (Å²) in [6, 6.07) is 5.37. The van der Waals surface area contributed by atoms with Crippen molar-refractivity contribution in [2.45, 2.75) is 78.0 Å². The van der Waals surface area contributed by atoms with Crippen LogP contribution in [-0.2, 0) is 46.5 Å². The molecule has 1 aromatic carbocycles. The molecule has 0 aliphatic carbocycles. The maximum atomic E-state index is 13.2. The topological polar surface area (TPSA) is 160 Å². The quantitative estimate of drug-likeness (QED) is 0.111. The second kappa shape index (κ2) is 20.3. The van der Waals surface area contributed by atoms with E-state index in [0.717, 1.165) is 35.2 Å². The van der Waals surface area contributed by atoms with Crippen molar-refractivity contribution >= 4 is 30.0 Å². The van der Waals surface area contributed by atoms with Crippen molar-refractivity contribution in [3.8, 4) is 5.75 Å². The first-order valence-corrected chi connectivity index (χ1v) is 15.6. The normalized spacial score (nSPS) is 17.8. The Kier molecular flexibility index (Phi) is 17.8. The molecule has 258 valence electrons. The number of carboxylic acid groups (broad SMARTS) is 1. The van der Waals surface area contributed by atoms with Gasteiger partial charge < -0.3 is 38.7 Å². The highest BCUT2D eigenvalue weighted by atomic mass is 16.7. The van der Waals surface area contributed by atoms with Crippen LogP contribution in [0.5, 0.6) is 5.75 Å². The van der Waals surface area contributed by atoms with Gasteiger partial charge in [-0.3, -0.25) is 19.2 Å². The Hall–Kier alpha value is -3.81. The predicted octanol–water partition coefficient (Wildman–Crippen LogP) is 2.18. The van der Waals surface area contributed by atoms with Gasteiger partial charge in [-0.05, 0) is 30.5 Å². The number of aliphatic hydroxyl groups is 1. The number of hydrogen-bond acceptors (Lipinski definition) is 9. The Balaban J connectivity index is 0.00000518. The van der Waals surface area contributed by atoms with Gasteiger partial charge in [0.15, 0.2) is 6.10 Å². The Morgan fingerprint density at radius 1 is 1.09 bits per heavy atom. The molecule has 3 unspecified atom stereocenters. The van der Waals surface area contributed by atoms with Crippen LogP contribution in [0.25, 0.3) is 0 Å². The molecule has 2 amide bonds. The molecule has 1 fully saturated rings. The summed E-state index contributed by atoms with van der Waals surface area (Å²) in [4.78, 5) is 61.8. The third kappa shape index (κ3) is 15.5. The van der Waals surface area contributed by atoms with Gasteiger partial charge in [0.2, 0.25) is 18.1 Å². The van der Waals surface area contributed by atoms with Crippen molar-refractivity contribution in [2.24, 2.45) is 0 Å². The summed E-state index contributed by atoms with van der Waals surface area (Å²) in [7, 11) is 7.73. The molecule has 1 heterocycles. The molecule has 0 bridgehead atoms. The lowest BCUT2D eigenvalue weighted by atomic mass is 10.0. The van der Waals surface area contributed by atoms with Crippen LogP contribution in [0.2, 0.25) is 0 Å². The van der Waals surface area contributed by atoms with Gasteiger partial charge in [-0.1, -0.05) is 26.0 Å². The summed E-state index contributed by atoms with van der Waals surface area (Å²) < 4.78 is 17.4. The number of allylic oxidation sites excluding steroid dienone is 1. The van der Waals surface area contributed by atoms with Gasteiger partial charge >= 0.3 is 11.9 Å². The van der Waals surface area contributed by atoms with Crippen LogP contribution in [0.4, 0.5) is 0 Å². The molecule has 3 atom stereocenters. The second-order valence-corrected chi connectivity index (χ2v) is 11.9. The maximum Gasteiger partial charge on any atom is 0.333 e. The monoisotopic (exact) mass is 650 g/mol. The van der Waals surface area contributed by atoms with E-state index in [1.165, 1.54) is 18.9 Å². The minimum atomic E-state index is -1.21. The van der Waals surface area contributed by atoms with E-state index in [1.54, 1.807) is 17.0 Å². The summed E-state index contributed by atoms with van der Waals surface area (Å²) in [5.41, 5.74) is 1.41. The van der Waals surface area contributed by atoms with Gasteiger partial charge in [0.1, 0.15) is 18.6 Å². The number of nitrogens with zero attached hydrogens (tertiary/aromatic N) is 3. The zero-order valence-electron chi connectivity index (χ0n) is 28.3. The van der Waals surface area contributed by atoms with E-state index in [9.17, 15) is 34.2 Å².